The van der Waals surface area contributed by atoms with Crippen LogP contribution in [0.25, 0.3) is 0 Å². The highest BCUT2D eigenvalue weighted by molar-refractivity contribution is 6.30. The minimum Gasteiger partial charge on any atom is -0.494 e. The zero-order chi connectivity index (χ0) is 31.3. The zero-order valence-electron chi connectivity index (χ0n) is 24.7. The minimum absolute atomic E-state index is 0.0966. The molecule has 0 aliphatic heterocycles. The topological polar surface area (TPSA) is 114 Å². The monoisotopic (exact) mass is 612 g/mol. The molecule has 0 saturated heterocycles. The molecule has 0 saturated carbocycles. The molecule has 8 nitrogen and oxygen atoms in total. The number of carbonyl (C=O) groups is 3. The Hall–Kier alpha value is -4.66. The Labute approximate surface area is 263 Å². The fourth-order valence-electron chi connectivity index (χ4n) is 4.61. The first-order valence-electron chi connectivity index (χ1n) is 14.6. The van der Waals surface area contributed by atoms with E-state index in [2.05, 4.69) is 10.6 Å². The van der Waals surface area contributed by atoms with E-state index in [1.54, 1.807) is 36.4 Å². The lowest BCUT2D eigenvalue weighted by Crippen LogP contribution is -2.54. The molecule has 0 bridgehead atoms. The Balaban J connectivity index is 1.58. The molecule has 4 amide bonds. The van der Waals surface area contributed by atoms with Crippen molar-refractivity contribution < 1.29 is 19.1 Å². The van der Waals surface area contributed by atoms with Crippen LogP contribution in [0.2, 0.25) is 5.02 Å². The van der Waals surface area contributed by atoms with Gasteiger partial charge in [-0.3, -0.25) is 14.5 Å². The standard InChI is InChI=1S/C35H37ClN4O4/c1-2-44-31-18-14-26(15-19-31)22-32(39-33(41)29-6-4-3-5-7-29)34(42)40(21-20-25-12-16-30(36)17-13-25)35(43)38-24-28-10-8-27(23-37)9-11-28/h3-19,32H,2,20-24,37H2,1H3,(H,38,43)(H,39,41)/t32-/m1/s1. The summed E-state index contributed by atoms with van der Waals surface area (Å²) in [6.45, 7) is 3.17. The molecule has 4 aromatic rings. The number of nitrogens with two attached hydrogens (primary N) is 1. The smallest absolute Gasteiger partial charge is 0.324 e. The highest BCUT2D eigenvalue weighted by Crippen LogP contribution is 2.16. The molecule has 0 aliphatic rings. The highest BCUT2D eigenvalue weighted by Gasteiger charge is 2.30. The van der Waals surface area contributed by atoms with Gasteiger partial charge in [-0.25, -0.2) is 4.79 Å². The van der Waals surface area contributed by atoms with Crippen molar-refractivity contribution in [2.75, 3.05) is 13.2 Å². The van der Waals surface area contributed by atoms with Gasteiger partial charge in [-0.2, -0.15) is 0 Å². The number of rotatable bonds is 13. The van der Waals surface area contributed by atoms with E-state index in [0.29, 0.717) is 35.9 Å². The molecule has 0 unspecified atom stereocenters. The Kier molecular flexibility index (Phi) is 11.9. The van der Waals surface area contributed by atoms with Crippen LogP contribution in [-0.4, -0.2) is 41.9 Å². The van der Waals surface area contributed by atoms with E-state index in [1.807, 2.05) is 73.7 Å². The highest BCUT2D eigenvalue weighted by atomic mass is 35.5. The van der Waals surface area contributed by atoms with E-state index in [1.165, 1.54) is 4.90 Å². The Morgan fingerprint density at radius 3 is 2.07 bits per heavy atom. The Morgan fingerprint density at radius 2 is 1.43 bits per heavy atom. The maximum Gasteiger partial charge on any atom is 0.324 e. The molecule has 1 atom stereocenters. The van der Waals surface area contributed by atoms with Gasteiger partial charge in [0.05, 0.1) is 6.61 Å². The predicted octanol–water partition coefficient (Wildman–Crippen LogP) is 5.52. The van der Waals surface area contributed by atoms with E-state index < -0.39 is 23.9 Å². The van der Waals surface area contributed by atoms with Gasteiger partial charge in [0.2, 0.25) is 0 Å². The largest absolute Gasteiger partial charge is 0.494 e. The van der Waals surface area contributed by atoms with Crippen LogP contribution in [0.4, 0.5) is 4.79 Å². The Bertz CT molecular complexity index is 1510. The van der Waals surface area contributed by atoms with Gasteiger partial charge in [-0.05, 0) is 72.0 Å². The van der Waals surface area contributed by atoms with E-state index >= 15 is 0 Å². The van der Waals surface area contributed by atoms with E-state index in [-0.39, 0.29) is 19.5 Å². The van der Waals surface area contributed by atoms with Crippen LogP contribution in [0.1, 0.15) is 39.5 Å². The summed E-state index contributed by atoms with van der Waals surface area (Å²) in [5, 5.41) is 6.35. The third-order valence-electron chi connectivity index (χ3n) is 7.06. The molecular weight excluding hydrogens is 576 g/mol. The molecule has 0 spiro atoms. The fraction of sp³-hybridized carbons (Fsp3) is 0.229. The van der Waals surface area contributed by atoms with Gasteiger partial charge >= 0.3 is 6.03 Å². The van der Waals surface area contributed by atoms with E-state index in [9.17, 15) is 14.4 Å². The number of nitrogens with one attached hydrogen (secondary N) is 2. The van der Waals surface area contributed by atoms with Crippen molar-refractivity contribution in [3.8, 4) is 5.75 Å². The van der Waals surface area contributed by atoms with Crippen LogP contribution in [0.5, 0.6) is 5.75 Å². The molecule has 0 aliphatic carbocycles. The number of nitrogens with zero attached hydrogens (tertiary/aromatic N) is 1. The number of benzene rings is 4. The number of ether oxygens (including phenoxy) is 1. The van der Waals surface area contributed by atoms with Crippen LogP contribution in [0.15, 0.2) is 103 Å². The lowest BCUT2D eigenvalue weighted by atomic mass is 10.0. The number of hydrogen-bond donors (Lipinski definition) is 3. The van der Waals surface area contributed by atoms with Crippen molar-refractivity contribution >= 4 is 29.4 Å². The van der Waals surface area contributed by atoms with Crippen molar-refractivity contribution in [1.82, 2.24) is 15.5 Å². The molecule has 228 valence electrons. The average Bonchev–Trinajstić information content (AvgIpc) is 3.06. The summed E-state index contributed by atoms with van der Waals surface area (Å²) in [5.41, 5.74) is 9.67. The molecule has 0 aromatic heterocycles. The molecule has 0 fully saturated rings. The van der Waals surface area contributed by atoms with Crippen molar-refractivity contribution in [2.24, 2.45) is 5.73 Å². The number of hydrogen-bond acceptors (Lipinski definition) is 5. The molecule has 4 rings (SSSR count). The van der Waals surface area contributed by atoms with Crippen molar-refractivity contribution in [2.45, 2.75) is 38.9 Å². The lowest BCUT2D eigenvalue weighted by Gasteiger charge is -2.27. The lowest BCUT2D eigenvalue weighted by molar-refractivity contribution is -0.130. The summed E-state index contributed by atoms with van der Waals surface area (Å²) in [5.74, 6) is -0.225. The van der Waals surface area contributed by atoms with Crippen molar-refractivity contribution in [1.29, 1.82) is 0 Å². The molecule has 0 heterocycles. The third kappa shape index (κ3) is 9.42. The number of imide groups is 1. The van der Waals surface area contributed by atoms with E-state index in [4.69, 9.17) is 22.1 Å². The maximum atomic E-state index is 14.2. The van der Waals surface area contributed by atoms with Gasteiger partial charge in [0.25, 0.3) is 11.8 Å². The summed E-state index contributed by atoms with van der Waals surface area (Å²) >= 11 is 6.05. The summed E-state index contributed by atoms with van der Waals surface area (Å²) in [4.78, 5) is 42.2. The van der Waals surface area contributed by atoms with Crippen LogP contribution in [-0.2, 0) is 30.7 Å². The van der Waals surface area contributed by atoms with Gasteiger partial charge in [-0.1, -0.05) is 78.3 Å². The van der Waals surface area contributed by atoms with Crippen LogP contribution in [0.3, 0.4) is 0 Å². The van der Waals surface area contributed by atoms with Crippen LogP contribution >= 0.6 is 11.6 Å². The summed E-state index contributed by atoms with van der Waals surface area (Å²) in [6.07, 6.45) is 0.582. The number of carbonyl (C=O) groups excluding carboxylic acids is 3. The zero-order valence-corrected chi connectivity index (χ0v) is 25.4. The number of amides is 4. The normalized spacial score (nSPS) is 11.3. The summed E-state index contributed by atoms with van der Waals surface area (Å²) < 4.78 is 5.55. The Morgan fingerprint density at radius 1 is 0.818 bits per heavy atom. The third-order valence-corrected chi connectivity index (χ3v) is 7.32. The van der Waals surface area contributed by atoms with Crippen molar-refractivity contribution in [3.05, 3.63) is 136 Å². The van der Waals surface area contributed by atoms with E-state index in [0.717, 1.165) is 22.3 Å². The number of halogens is 1. The minimum atomic E-state index is -1.01. The molecule has 0 radical (unpaired) electrons. The molecule has 44 heavy (non-hydrogen) atoms. The maximum absolute atomic E-state index is 14.2. The fourth-order valence-corrected chi connectivity index (χ4v) is 4.74. The predicted molar refractivity (Wildman–Crippen MR) is 172 cm³/mol. The van der Waals surface area contributed by atoms with Crippen molar-refractivity contribution in [3.63, 3.8) is 0 Å². The molecule has 4 N–H and O–H groups in total. The first-order chi connectivity index (χ1) is 21.4. The second kappa shape index (κ2) is 16.3. The average molecular weight is 613 g/mol. The van der Waals surface area contributed by atoms with Gasteiger partial charge in [0, 0.05) is 36.6 Å². The molecule has 9 heteroatoms. The summed E-state index contributed by atoms with van der Waals surface area (Å²) in [7, 11) is 0. The number of urea groups is 1. The quantitative estimate of drug-likeness (QED) is 0.184. The van der Waals surface area contributed by atoms with Gasteiger partial charge in [0.15, 0.2) is 0 Å². The second-order valence-corrected chi connectivity index (χ2v) is 10.7. The van der Waals surface area contributed by atoms with Gasteiger partial charge < -0.3 is 21.1 Å². The van der Waals surface area contributed by atoms with Gasteiger partial charge in [-0.15, -0.1) is 0 Å². The second-order valence-electron chi connectivity index (χ2n) is 10.2. The SMILES string of the molecule is CCOc1ccc(C[C@@H](NC(=O)c2ccccc2)C(=O)N(CCc2ccc(Cl)cc2)C(=O)NCc2ccc(CN)cc2)cc1. The molecule has 4 aromatic carbocycles. The molecular formula is C35H37ClN4O4. The first kappa shape index (κ1) is 32.3. The summed E-state index contributed by atoms with van der Waals surface area (Å²) in [6, 6.07) is 29.3. The first-order valence-corrected chi connectivity index (χ1v) is 14.9. The van der Waals surface area contributed by atoms with Gasteiger partial charge in [0.1, 0.15) is 11.8 Å². The van der Waals surface area contributed by atoms with Crippen LogP contribution in [0, 0.1) is 0 Å². The van der Waals surface area contributed by atoms with Crippen LogP contribution < -0.4 is 21.1 Å².